The Bertz CT molecular complexity index is 201. The van der Waals surface area contributed by atoms with Crippen molar-refractivity contribution in [1.82, 2.24) is 0 Å². The van der Waals surface area contributed by atoms with E-state index in [4.69, 9.17) is 4.74 Å². The number of aliphatic hydroxyl groups is 4. The fourth-order valence-corrected chi connectivity index (χ4v) is 1.41. The van der Waals surface area contributed by atoms with Gasteiger partial charge in [-0.3, -0.25) is 0 Å². The standard InChI is InChI=1S/C8H16O5/c1-4-5(9)6(10)7(2,11)8(3,12)13-4/h4-6,9-12H,1-3H3/t4-,5-,6+,7+,8?/m0/s1. The van der Waals surface area contributed by atoms with Crippen molar-refractivity contribution in [3.63, 3.8) is 0 Å². The molecule has 0 aromatic rings. The van der Waals surface area contributed by atoms with Crippen LogP contribution >= 0.6 is 0 Å². The summed E-state index contributed by atoms with van der Waals surface area (Å²) in [5, 5.41) is 38.1. The van der Waals surface area contributed by atoms with Gasteiger partial charge in [0.1, 0.15) is 17.8 Å². The van der Waals surface area contributed by atoms with E-state index in [0.717, 1.165) is 0 Å². The van der Waals surface area contributed by atoms with Gasteiger partial charge < -0.3 is 25.2 Å². The molecule has 5 atom stereocenters. The lowest BCUT2D eigenvalue weighted by molar-refractivity contribution is -0.371. The van der Waals surface area contributed by atoms with Crippen molar-refractivity contribution >= 4 is 0 Å². The lowest BCUT2D eigenvalue weighted by Gasteiger charge is -2.49. The van der Waals surface area contributed by atoms with E-state index in [1.165, 1.54) is 20.8 Å². The van der Waals surface area contributed by atoms with Gasteiger partial charge in [-0.15, -0.1) is 0 Å². The molecule has 0 spiro atoms. The highest BCUT2D eigenvalue weighted by molar-refractivity contribution is 5.01. The van der Waals surface area contributed by atoms with Crippen LogP contribution in [0.1, 0.15) is 20.8 Å². The van der Waals surface area contributed by atoms with Gasteiger partial charge in [-0.1, -0.05) is 0 Å². The zero-order valence-corrected chi connectivity index (χ0v) is 7.93. The van der Waals surface area contributed by atoms with E-state index in [0.29, 0.717) is 0 Å². The number of ether oxygens (including phenoxy) is 1. The van der Waals surface area contributed by atoms with Crippen molar-refractivity contribution in [3.05, 3.63) is 0 Å². The maximum atomic E-state index is 9.67. The molecule has 1 aliphatic rings. The van der Waals surface area contributed by atoms with Crippen LogP contribution in [0.4, 0.5) is 0 Å². The lowest BCUT2D eigenvalue weighted by atomic mass is 9.82. The van der Waals surface area contributed by atoms with Crippen LogP contribution in [0, 0.1) is 0 Å². The summed E-state index contributed by atoms with van der Waals surface area (Å²) >= 11 is 0. The lowest BCUT2D eigenvalue weighted by Crippen LogP contribution is -2.69. The molecule has 13 heavy (non-hydrogen) atoms. The first-order valence-electron chi connectivity index (χ1n) is 4.19. The van der Waals surface area contributed by atoms with Crippen LogP contribution < -0.4 is 0 Å². The van der Waals surface area contributed by atoms with Gasteiger partial charge in [0.2, 0.25) is 0 Å². The third-order valence-corrected chi connectivity index (χ3v) is 2.73. The minimum Gasteiger partial charge on any atom is -0.388 e. The average Bonchev–Trinajstić information content (AvgIpc) is 1.98. The second kappa shape index (κ2) is 2.90. The van der Waals surface area contributed by atoms with Gasteiger partial charge in [-0.05, 0) is 20.8 Å². The summed E-state index contributed by atoms with van der Waals surface area (Å²) in [6, 6.07) is 0. The molecule has 0 saturated carbocycles. The summed E-state index contributed by atoms with van der Waals surface area (Å²) in [4.78, 5) is 0. The Hall–Kier alpha value is -0.200. The van der Waals surface area contributed by atoms with Crippen LogP contribution in [0.2, 0.25) is 0 Å². The van der Waals surface area contributed by atoms with Crippen molar-refractivity contribution in [3.8, 4) is 0 Å². The van der Waals surface area contributed by atoms with Gasteiger partial charge in [0.05, 0.1) is 6.10 Å². The maximum Gasteiger partial charge on any atom is 0.194 e. The van der Waals surface area contributed by atoms with Crippen LogP contribution in [0.5, 0.6) is 0 Å². The Morgan fingerprint density at radius 2 is 1.62 bits per heavy atom. The Morgan fingerprint density at radius 1 is 1.15 bits per heavy atom. The summed E-state index contributed by atoms with van der Waals surface area (Å²) in [5.41, 5.74) is -1.88. The van der Waals surface area contributed by atoms with E-state index in [1.807, 2.05) is 0 Å². The van der Waals surface area contributed by atoms with Crippen molar-refractivity contribution in [2.75, 3.05) is 0 Å². The SMILES string of the molecule is C[C@@H]1OC(C)(O)[C@](C)(O)[C@H](O)[C@H]1O. The van der Waals surface area contributed by atoms with Gasteiger partial charge in [-0.2, -0.15) is 0 Å². The van der Waals surface area contributed by atoms with Crippen molar-refractivity contribution < 1.29 is 25.2 Å². The summed E-state index contributed by atoms with van der Waals surface area (Å²) in [6.45, 7) is 3.98. The van der Waals surface area contributed by atoms with Crippen LogP contribution in [-0.4, -0.2) is 50.1 Å². The molecule has 4 N–H and O–H groups in total. The molecule has 1 unspecified atom stereocenters. The molecule has 1 rings (SSSR count). The molecule has 1 aliphatic heterocycles. The number of hydrogen-bond acceptors (Lipinski definition) is 5. The summed E-state index contributed by atoms with van der Waals surface area (Å²) in [7, 11) is 0. The second-order valence-corrected chi connectivity index (χ2v) is 3.89. The van der Waals surface area contributed by atoms with Crippen LogP contribution in [0.3, 0.4) is 0 Å². The van der Waals surface area contributed by atoms with Gasteiger partial charge in [0.25, 0.3) is 0 Å². The zero-order valence-electron chi connectivity index (χ0n) is 7.93. The molecule has 1 saturated heterocycles. The smallest absolute Gasteiger partial charge is 0.194 e. The van der Waals surface area contributed by atoms with Gasteiger partial charge in [-0.25, -0.2) is 0 Å². The fourth-order valence-electron chi connectivity index (χ4n) is 1.41. The summed E-state index contributed by atoms with van der Waals surface area (Å²) < 4.78 is 4.97. The fraction of sp³-hybridized carbons (Fsp3) is 1.00. The van der Waals surface area contributed by atoms with Crippen LogP contribution in [0.15, 0.2) is 0 Å². The molecule has 0 radical (unpaired) electrons. The highest BCUT2D eigenvalue weighted by Crippen LogP contribution is 2.35. The highest BCUT2D eigenvalue weighted by atomic mass is 16.7. The first-order valence-corrected chi connectivity index (χ1v) is 4.19. The largest absolute Gasteiger partial charge is 0.388 e. The molecule has 5 heteroatoms. The van der Waals surface area contributed by atoms with E-state index >= 15 is 0 Å². The molecule has 0 aromatic heterocycles. The molecular weight excluding hydrogens is 176 g/mol. The van der Waals surface area contributed by atoms with Crippen LogP contribution in [0.25, 0.3) is 0 Å². The predicted molar refractivity (Wildman–Crippen MR) is 43.8 cm³/mol. The first-order chi connectivity index (χ1) is 5.70. The Morgan fingerprint density at radius 3 is 2.08 bits per heavy atom. The first kappa shape index (κ1) is 10.9. The average molecular weight is 192 g/mol. The molecule has 5 nitrogen and oxygen atoms in total. The zero-order chi connectivity index (χ0) is 10.4. The minimum atomic E-state index is -1.88. The topological polar surface area (TPSA) is 90.2 Å². The normalized spacial score (nSPS) is 57.9. The van der Waals surface area contributed by atoms with E-state index in [2.05, 4.69) is 0 Å². The highest BCUT2D eigenvalue weighted by Gasteiger charge is 2.57. The molecular formula is C8H16O5. The second-order valence-electron chi connectivity index (χ2n) is 3.89. The molecule has 0 aliphatic carbocycles. The Balaban J connectivity index is 2.96. The van der Waals surface area contributed by atoms with E-state index in [9.17, 15) is 20.4 Å². The van der Waals surface area contributed by atoms with Crippen molar-refractivity contribution in [1.29, 1.82) is 0 Å². The summed E-state index contributed by atoms with van der Waals surface area (Å²) in [5.74, 6) is -1.86. The molecule has 0 bridgehead atoms. The molecule has 1 fully saturated rings. The molecule has 1 heterocycles. The molecule has 0 aromatic carbocycles. The van der Waals surface area contributed by atoms with Crippen LogP contribution in [-0.2, 0) is 4.74 Å². The molecule has 78 valence electrons. The van der Waals surface area contributed by atoms with Gasteiger partial charge in [0, 0.05) is 0 Å². The predicted octanol–water partition coefficient (Wildman–Crippen LogP) is -1.41. The number of hydrogen-bond donors (Lipinski definition) is 4. The maximum absolute atomic E-state index is 9.67. The quantitative estimate of drug-likeness (QED) is 0.378. The van der Waals surface area contributed by atoms with Gasteiger partial charge in [0.15, 0.2) is 5.79 Å². The van der Waals surface area contributed by atoms with E-state index < -0.39 is 29.7 Å². The van der Waals surface area contributed by atoms with E-state index in [-0.39, 0.29) is 0 Å². The minimum absolute atomic E-state index is 0.717. The van der Waals surface area contributed by atoms with E-state index in [1.54, 1.807) is 0 Å². The number of rotatable bonds is 0. The third-order valence-electron chi connectivity index (χ3n) is 2.73. The number of aliphatic hydroxyl groups excluding tert-OH is 2. The Labute approximate surface area is 76.6 Å². The summed E-state index contributed by atoms with van der Waals surface area (Å²) in [6.07, 6.45) is -3.34. The molecule has 0 amide bonds. The third kappa shape index (κ3) is 1.47. The monoisotopic (exact) mass is 192 g/mol. The van der Waals surface area contributed by atoms with Crippen molar-refractivity contribution in [2.45, 2.75) is 50.5 Å². The Kier molecular flexibility index (Phi) is 2.42. The van der Waals surface area contributed by atoms with Gasteiger partial charge >= 0.3 is 0 Å². The van der Waals surface area contributed by atoms with Crippen molar-refractivity contribution in [2.24, 2.45) is 0 Å².